The zero-order valence-electron chi connectivity index (χ0n) is 12.4. The molecule has 5 heteroatoms. The predicted octanol–water partition coefficient (Wildman–Crippen LogP) is 2.39. The molecule has 0 aromatic carbocycles. The van der Waals surface area contributed by atoms with E-state index in [1.807, 2.05) is 0 Å². The summed E-state index contributed by atoms with van der Waals surface area (Å²) < 4.78 is 0. The highest BCUT2D eigenvalue weighted by Crippen LogP contribution is 2.17. The van der Waals surface area contributed by atoms with Crippen LogP contribution in [0.15, 0.2) is 12.4 Å². The zero-order valence-corrected chi connectivity index (χ0v) is 12.4. The molecule has 1 saturated carbocycles. The SMILES string of the molecule is CCN(CC)c1cnc(C(=O)NC2CCCCC2)cn1. The highest BCUT2D eigenvalue weighted by molar-refractivity contribution is 5.92. The lowest BCUT2D eigenvalue weighted by atomic mass is 9.95. The monoisotopic (exact) mass is 276 g/mol. The Morgan fingerprint density at radius 1 is 1.20 bits per heavy atom. The minimum absolute atomic E-state index is 0.101. The molecule has 0 unspecified atom stereocenters. The van der Waals surface area contributed by atoms with Crippen molar-refractivity contribution < 1.29 is 4.79 Å². The number of rotatable bonds is 5. The average Bonchev–Trinajstić information content (AvgIpc) is 2.50. The molecule has 0 atom stereocenters. The van der Waals surface area contributed by atoms with Gasteiger partial charge in [-0.2, -0.15) is 0 Å². The van der Waals surface area contributed by atoms with Crippen molar-refractivity contribution in [1.29, 1.82) is 0 Å². The van der Waals surface area contributed by atoms with E-state index in [0.29, 0.717) is 11.7 Å². The van der Waals surface area contributed by atoms with Crippen LogP contribution in [0.3, 0.4) is 0 Å². The number of anilines is 1. The molecule has 0 bridgehead atoms. The summed E-state index contributed by atoms with van der Waals surface area (Å²) in [5.74, 6) is 0.722. The maximum atomic E-state index is 12.1. The summed E-state index contributed by atoms with van der Waals surface area (Å²) in [6.07, 6.45) is 9.11. The summed E-state index contributed by atoms with van der Waals surface area (Å²) in [5.41, 5.74) is 0.409. The van der Waals surface area contributed by atoms with Gasteiger partial charge in [0.15, 0.2) is 0 Å². The molecule has 0 aliphatic heterocycles. The summed E-state index contributed by atoms with van der Waals surface area (Å²) in [4.78, 5) is 22.8. The number of amides is 1. The minimum Gasteiger partial charge on any atom is -0.356 e. The maximum Gasteiger partial charge on any atom is 0.271 e. The molecule has 1 aromatic rings. The molecule has 1 aromatic heterocycles. The standard InChI is InChI=1S/C15H24N4O/c1-3-19(4-2)14-11-16-13(10-17-14)15(20)18-12-8-6-5-7-9-12/h10-12H,3-9H2,1-2H3,(H,18,20). The molecule has 1 aliphatic rings. The third-order valence-corrected chi connectivity index (χ3v) is 3.90. The van der Waals surface area contributed by atoms with Crippen LogP contribution in [0.4, 0.5) is 5.82 Å². The molecule has 2 rings (SSSR count). The van der Waals surface area contributed by atoms with Crippen LogP contribution in [0.25, 0.3) is 0 Å². The van der Waals surface area contributed by atoms with Gasteiger partial charge in [-0.25, -0.2) is 9.97 Å². The smallest absolute Gasteiger partial charge is 0.271 e. The van der Waals surface area contributed by atoms with E-state index in [-0.39, 0.29) is 5.91 Å². The summed E-state index contributed by atoms with van der Waals surface area (Å²) in [5, 5.41) is 3.06. The zero-order chi connectivity index (χ0) is 14.4. The maximum absolute atomic E-state index is 12.1. The van der Waals surface area contributed by atoms with E-state index >= 15 is 0 Å². The van der Waals surface area contributed by atoms with Gasteiger partial charge >= 0.3 is 0 Å². The van der Waals surface area contributed by atoms with Crippen molar-refractivity contribution in [2.24, 2.45) is 0 Å². The average molecular weight is 276 g/mol. The number of nitrogens with one attached hydrogen (secondary N) is 1. The second-order valence-corrected chi connectivity index (χ2v) is 5.24. The van der Waals surface area contributed by atoms with Gasteiger partial charge in [0.05, 0.1) is 12.4 Å². The van der Waals surface area contributed by atoms with E-state index in [4.69, 9.17) is 0 Å². The Morgan fingerprint density at radius 3 is 2.45 bits per heavy atom. The molecule has 110 valence electrons. The van der Waals surface area contributed by atoms with Gasteiger partial charge in [0.2, 0.25) is 0 Å². The number of hydrogen-bond acceptors (Lipinski definition) is 4. The van der Waals surface area contributed by atoms with Crippen LogP contribution in [0.5, 0.6) is 0 Å². The van der Waals surface area contributed by atoms with E-state index in [2.05, 4.69) is 34.0 Å². The van der Waals surface area contributed by atoms with Gasteiger partial charge in [0, 0.05) is 19.1 Å². The van der Waals surface area contributed by atoms with Crippen molar-refractivity contribution in [2.45, 2.75) is 52.0 Å². The van der Waals surface area contributed by atoms with Gasteiger partial charge in [0.25, 0.3) is 5.91 Å². The first kappa shape index (κ1) is 14.8. The van der Waals surface area contributed by atoms with Crippen LogP contribution in [-0.4, -0.2) is 35.0 Å². The van der Waals surface area contributed by atoms with Crippen LogP contribution in [-0.2, 0) is 0 Å². The topological polar surface area (TPSA) is 58.1 Å². The van der Waals surface area contributed by atoms with Gasteiger partial charge in [-0.1, -0.05) is 19.3 Å². The van der Waals surface area contributed by atoms with Gasteiger partial charge < -0.3 is 10.2 Å². The summed E-state index contributed by atoms with van der Waals surface area (Å²) in [6, 6.07) is 0.306. The molecule has 1 amide bonds. The fourth-order valence-electron chi connectivity index (χ4n) is 2.66. The second kappa shape index (κ2) is 7.22. The molecule has 1 fully saturated rings. The van der Waals surface area contributed by atoms with Crippen molar-refractivity contribution in [1.82, 2.24) is 15.3 Å². The van der Waals surface area contributed by atoms with Crippen molar-refractivity contribution in [3.05, 3.63) is 18.1 Å². The van der Waals surface area contributed by atoms with Crippen molar-refractivity contribution >= 4 is 11.7 Å². The quantitative estimate of drug-likeness (QED) is 0.897. The summed E-state index contributed by atoms with van der Waals surface area (Å²) >= 11 is 0. The highest BCUT2D eigenvalue weighted by atomic mass is 16.1. The molecular weight excluding hydrogens is 252 g/mol. The Hall–Kier alpha value is -1.65. The van der Waals surface area contributed by atoms with Crippen LogP contribution < -0.4 is 10.2 Å². The lowest BCUT2D eigenvalue weighted by Gasteiger charge is -2.22. The summed E-state index contributed by atoms with van der Waals surface area (Å²) in [7, 11) is 0. The van der Waals surface area contributed by atoms with E-state index < -0.39 is 0 Å². The summed E-state index contributed by atoms with van der Waals surface area (Å²) in [6.45, 7) is 5.93. The first-order chi connectivity index (χ1) is 9.74. The molecule has 5 nitrogen and oxygen atoms in total. The van der Waals surface area contributed by atoms with Crippen LogP contribution >= 0.6 is 0 Å². The largest absolute Gasteiger partial charge is 0.356 e. The lowest BCUT2D eigenvalue weighted by Crippen LogP contribution is -2.36. The molecule has 0 spiro atoms. The van der Waals surface area contributed by atoms with Gasteiger partial charge in [0.1, 0.15) is 11.5 Å². The molecular formula is C15H24N4O. The first-order valence-electron chi connectivity index (χ1n) is 7.62. The first-order valence-corrected chi connectivity index (χ1v) is 7.62. The number of aromatic nitrogens is 2. The van der Waals surface area contributed by atoms with E-state index in [0.717, 1.165) is 31.7 Å². The Bertz CT molecular complexity index is 422. The van der Waals surface area contributed by atoms with E-state index in [1.54, 1.807) is 12.4 Å². The van der Waals surface area contributed by atoms with E-state index in [9.17, 15) is 4.79 Å². The van der Waals surface area contributed by atoms with Gasteiger partial charge in [-0.3, -0.25) is 4.79 Å². The second-order valence-electron chi connectivity index (χ2n) is 5.24. The Balaban J connectivity index is 1.96. The molecule has 1 heterocycles. The van der Waals surface area contributed by atoms with E-state index in [1.165, 1.54) is 19.3 Å². The highest BCUT2D eigenvalue weighted by Gasteiger charge is 2.17. The number of hydrogen-bond donors (Lipinski definition) is 1. The van der Waals surface area contributed by atoms with Crippen LogP contribution in [0.2, 0.25) is 0 Å². The van der Waals surface area contributed by atoms with Crippen molar-refractivity contribution in [3.8, 4) is 0 Å². The Kier molecular flexibility index (Phi) is 5.32. The third kappa shape index (κ3) is 3.68. The Labute approximate surface area is 120 Å². The normalized spacial score (nSPS) is 15.9. The minimum atomic E-state index is -0.101. The number of carbonyl (C=O) groups excluding carboxylic acids is 1. The van der Waals surface area contributed by atoms with Gasteiger partial charge in [-0.15, -0.1) is 0 Å². The molecule has 1 aliphatic carbocycles. The molecule has 0 radical (unpaired) electrons. The predicted molar refractivity (Wildman–Crippen MR) is 79.9 cm³/mol. The molecule has 1 N–H and O–H groups in total. The van der Waals surface area contributed by atoms with Crippen LogP contribution in [0, 0.1) is 0 Å². The number of carbonyl (C=O) groups is 1. The van der Waals surface area contributed by atoms with Crippen LogP contribution in [0.1, 0.15) is 56.4 Å². The molecule has 20 heavy (non-hydrogen) atoms. The van der Waals surface area contributed by atoms with Gasteiger partial charge in [-0.05, 0) is 26.7 Å². The molecule has 0 saturated heterocycles. The number of nitrogens with zero attached hydrogens (tertiary/aromatic N) is 3. The van der Waals surface area contributed by atoms with Crippen molar-refractivity contribution in [2.75, 3.05) is 18.0 Å². The fourth-order valence-corrected chi connectivity index (χ4v) is 2.66. The lowest BCUT2D eigenvalue weighted by molar-refractivity contribution is 0.0922. The van der Waals surface area contributed by atoms with Crippen molar-refractivity contribution in [3.63, 3.8) is 0 Å². The Morgan fingerprint density at radius 2 is 1.90 bits per heavy atom. The fraction of sp³-hybridized carbons (Fsp3) is 0.667. The third-order valence-electron chi connectivity index (χ3n) is 3.90.